The normalized spacial score (nSPS) is 14.7. The van der Waals surface area contributed by atoms with Gasteiger partial charge in [0, 0.05) is 17.8 Å². The molecule has 23 heavy (non-hydrogen) atoms. The molecule has 0 aliphatic carbocycles. The van der Waals surface area contributed by atoms with Crippen LogP contribution in [-0.2, 0) is 6.42 Å². The van der Waals surface area contributed by atoms with Crippen LogP contribution >= 0.6 is 0 Å². The minimum Gasteiger partial charge on any atom is -0.497 e. The minimum absolute atomic E-state index is 0.0596. The summed E-state index contributed by atoms with van der Waals surface area (Å²) in [5, 5.41) is 0. The standard InChI is InChI=1S/C20H21NO2/c1-4-14(2)15-5-7-17(8-6-15)21-12-11-16-13-18(23-3)9-10-19(16)20(21)22/h4-10,13H,11-12H2,1-3H3/b14-4+. The Labute approximate surface area is 137 Å². The van der Waals surface area contributed by atoms with E-state index >= 15 is 0 Å². The van der Waals surface area contributed by atoms with E-state index in [-0.39, 0.29) is 5.91 Å². The number of anilines is 1. The predicted molar refractivity (Wildman–Crippen MR) is 94.1 cm³/mol. The number of carbonyl (C=O) groups is 1. The number of benzene rings is 2. The number of ether oxygens (including phenoxy) is 1. The van der Waals surface area contributed by atoms with Gasteiger partial charge in [0.05, 0.1) is 7.11 Å². The molecule has 0 spiro atoms. The van der Waals surface area contributed by atoms with Gasteiger partial charge in [0.25, 0.3) is 5.91 Å². The van der Waals surface area contributed by atoms with Crippen molar-refractivity contribution < 1.29 is 9.53 Å². The topological polar surface area (TPSA) is 29.5 Å². The van der Waals surface area contributed by atoms with Gasteiger partial charge in [-0.1, -0.05) is 18.2 Å². The van der Waals surface area contributed by atoms with Crippen LogP contribution in [0.1, 0.15) is 35.3 Å². The first-order valence-corrected chi connectivity index (χ1v) is 7.86. The zero-order chi connectivity index (χ0) is 16.4. The maximum atomic E-state index is 12.8. The van der Waals surface area contributed by atoms with E-state index in [4.69, 9.17) is 4.74 Å². The molecular formula is C20H21NO2. The molecule has 1 aliphatic rings. The van der Waals surface area contributed by atoms with Gasteiger partial charge in [-0.2, -0.15) is 0 Å². The van der Waals surface area contributed by atoms with Gasteiger partial charge in [0.2, 0.25) is 0 Å². The van der Waals surface area contributed by atoms with Crippen molar-refractivity contribution in [3.63, 3.8) is 0 Å². The lowest BCUT2D eigenvalue weighted by atomic mass is 9.98. The van der Waals surface area contributed by atoms with Crippen LogP contribution in [0.4, 0.5) is 5.69 Å². The van der Waals surface area contributed by atoms with Crippen LogP contribution in [0.25, 0.3) is 5.57 Å². The van der Waals surface area contributed by atoms with Gasteiger partial charge in [0.15, 0.2) is 0 Å². The molecule has 0 N–H and O–H groups in total. The Bertz CT molecular complexity index is 760. The molecule has 1 amide bonds. The van der Waals surface area contributed by atoms with E-state index in [0.29, 0.717) is 6.54 Å². The van der Waals surface area contributed by atoms with Crippen molar-refractivity contribution in [1.82, 2.24) is 0 Å². The predicted octanol–water partition coefficient (Wildman–Crippen LogP) is 4.32. The summed E-state index contributed by atoms with van der Waals surface area (Å²) < 4.78 is 5.24. The SMILES string of the molecule is C/C=C(\C)c1ccc(N2CCc3cc(OC)ccc3C2=O)cc1. The first-order chi connectivity index (χ1) is 11.1. The summed E-state index contributed by atoms with van der Waals surface area (Å²) in [6, 6.07) is 13.9. The van der Waals surface area contributed by atoms with Crippen molar-refractivity contribution in [3.8, 4) is 5.75 Å². The van der Waals surface area contributed by atoms with Crippen molar-refractivity contribution in [1.29, 1.82) is 0 Å². The first-order valence-electron chi connectivity index (χ1n) is 7.86. The van der Waals surface area contributed by atoms with Crippen LogP contribution in [-0.4, -0.2) is 19.6 Å². The Morgan fingerprint density at radius 1 is 1.17 bits per heavy atom. The number of nitrogens with zero attached hydrogens (tertiary/aromatic N) is 1. The highest BCUT2D eigenvalue weighted by atomic mass is 16.5. The van der Waals surface area contributed by atoms with Crippen LogP contribution in [0.3, 0.4) is 0 Å². The highest BCUT2D eigenvalue weighted by Gasteiger charge is 2.25. The fourth-order valence-corrected chi connectivity index (χ4v) is 2.91. The molecule has 0 saturated carbocycles. The van der Waals surface area contributed by atoms with Crippen molar-refractivity contribution in [2.75, 3.05) is 18.6 Å². The van der Waals surface area contributed by atoms with Crippen molar-refractivity contribution in [2.24, 2.45) is 0 Å². The lowest BCUT2D eigenvalue weighted by Gasteiger charge is -2.29. The van der Waals surface area contributed by atoms with E-state index < -0.39 is 0 Å². The van der Waals surface area contributed by atoms with Crippen molar-refractivity contribution >= 4 is 17.2 Å². The third kappa shape index (κ3) is 2.87. The molecule has 1 heterocycles. The molecule has 3 nitrogen and oxygen atoms in total. The summed E-state index contributed by atoms with van der Waals surface area (Å²) in [6.07, 6.45) is 2.93. The second-order valence-corrected chi connectivity index (χ2v) is 5.75. The van der Waals surface area contributed by atoms with Crippen molar-refractivity contribution in [2.45, 2.75) is 20.3 Å². The lowest BCUT2D eigenvalue weighted by molar-refractivity contribution is 0.0980. The number of allylic oxidation sites excluding steroid dienone is 2. The van der Waals surface area contributed by atoms with Crippen LogP contribution in [0, 0.1) is 0 Å². The molecule has 0 atom stereocenters. The molecule has 0 aromatic heterocycles. The van der Waals surface area contributed by atoms with E-state index in [1.807, 2.05) is 42.2 Å². The molecule has 2 aromatic carbocycles. The second-order valence-electron chi connectivity index (χ2n) is 5.75. The van der Waals surface area contributed by atoms with Gasteiger partial charge in [0.1, 0.15) is 5.75 Å². The molecule has 0 unspecified atom stereocenters. The lowest BCUT2D eigenvalue weighted by Crippen LogP contribution is -2.37. The summed E-state index contributed by atoms with van der Waals surface area (Å²) >= 11 is 0. The van der Waals surface area contributed by atoms with E-state index in [9.17, 15) is 4.79 Å². The van der Waals surface area contributed by atoms with E-state index in [2.05, 4.69) is 25.1 Å². The van der Waals surface area contributed by atoms with Crippen molar-refractivity contribution in [3.05, 3.63) is 65.2 Å². The molecule has 0 saturated heterocycles. The van der Waals surface area contributed by atoms with Gasteiger partial charge < -0.3 is 9.64 Å². The summed E-state index contributed by atoms with van der Waals surface area (Å²) in [4.78, 5) is 14.6. The van der Waals surface area contributed by atoms with Gasteiger partial charge in [-0.25, -0.2) is 0 Å². The van der Waals surface area contributed by atoms with Crippen LogP contribution in [0.2, 0.25) is 0 Å². The largest absolute Gasteiger partial charge is 0.497 e. The molecule has 0 bridgehead atoms. The summed E-state index contributed by atoms with van der Waals surface area (Å²) in [6.45, 7) is 4.81. The highest BCUT2D eigenvalue weighted by molar-refractivity contribution is 6.08. The van der Waals surface area contributed by atoms with Crippen LogP contribution in [0.15, 0.2) is 48.5 Å². The third-order valence-corrected chi connectivity index (χ3v) is 4.46. The summed E-state index contributed by atoms with van der Waals surface area (Å²) in [7, 11) is 1.65. The van der Waals surface area contributed by atoms with Gasteiger partial charge in [-0.15, -0.1) is 0 Å². The molecule has 3 rings (SSSR count). The maximum Gasteiger partial charge on any atom is 0.258 e. The highest BCUT2D eigenvalue weighted by Crippen LogP contribution is 2.28. The second kappa shape index (κ2) is 6.29. The zero-order valence-corrected chi connectivity index (χ0v) is 13.8. The number of amides is 1. The number of rotatable bonds is 3. The smallest absolute Gasteiger partial charge is 0.258 e. The van der Waals surface area contributed by atoms with Crippen LogP contribution in [0.5, 0.6) is 5.75 Å². The van der Waals surface area contributed by atoms with Gasteiger partial charge in [-0.05, 0) is 67.3 Å². The first kappa shape index (κ1) is 15.3. The Morgan fingerprint density at radius 3 is 2.57 bits per heavy atom. The number of fused-ring (bicyclic) bond motifs is 1. The summed E-state index contributed by atoms with van der Waals surface area (Å²) in [5.74, 6) is 0.862. The number of carbonyl (C=O) groups excluding carboxylic acids is 1. The van der Waals surface area contributed by atoms with Gasteiger partial charge >= 0.3 is 0 Å². The Hall–Kier alpha value is -2.55. The molecule has 3 heteroatoms. The molecule has 2 aromatic rings. The maximum absolute atomic E-state index is 12.8. The minimum atomic E-state index is 0.0596. The van der Waals surface area contributed by atoms with Crippen LogP contribution < -0.4 is 9.64 Å². The fraction of sp³-hybridized carbons (Fsp3) is 0.250. The molecule has 118 valence electrons. The monoisotopic (exact) mass is 307 g/mol. The molecule has 0 radical (unpaired) electrons. The van der Waals surface area contributed by atoms with E-state index in [1.54, 1.807) is 7.11 Å². The van der Waals surface area contributed by atoms with E-state index in [1.165, 1.54) is 11.1 Å². The molecule has 1 aliphatic heterocycles. The average molecular weight is 307 g/mol. The quantitative estimate of drug-likeness (QED) is 0.845. The average Bonchev–Trinajstić information content (AvgIpc) is 2.61. The number of hydrogen-bond donors (Lipinski definition) is 0. The third-order valence-electron chi connectivity index (χ3n) is 4.46. The molecular weight excluding hydrogens is 286 g/mol. The summed E-state index contributed by atoms with van der Waals surface area (Å²) in [5.41, 5.74) is 5.20. The zero-order valence-electron chi connectivity index (χ0n) is 13.8. The molecule has 0 fully saturated rings. The van der Waals surface area contributed by atoms with Gasteiger partial charge in [-0.3, -0.25) is 4.79 Å². The number of hydrogen-bond acceptors (Lipinski definition) is 2. The Kier molecular flexibility index (Phi) is 4.20. The Morgan fingerprint density at radius 2 is 1.91 bits per heavy atom. The number of methoxy groups -OCH3 is 1. The Balaban J connectivity index is 1.89. The fourth-order valence-electron chi connectivity index (χ4n) is 2.91. The van der Waals surface area contributed by atoms with E-state index in [0.717, 1.165) is 29.0 Å².